The molecule has 3 N–H and O–H groups in total. The van der Waals surface area contributed by atoms with Crippen molar-refractivity contribution in [3.63, 3.8) is 0 Å². The summed E-state index contributed by atoms with van der Waals surface area (Å²) >= 11 is 0. The van der Waals surface area contributed by atoms with E-state index in [0.717, 1.165) is 11.8 Å². The number of ether oxygens (including phenoxy) is 2. The van der Waals surface area contributed by atoms with Crippen LogP contribution in [-0.2, 0) is 33.4 Å². The second kappa shape index (κ2) is 12.5. The molecule has 11 nitrogen and oxygen atoms in total. The Labute approximate surface area is 239 Å². The van der Waals surface area contributed by atoms with Crippen LogP contribution in [0.5, 0.6) is 0 Å². The molecule has 7 atom stereocenters. The second-order valence-electron chi connectivity index (χ2n) is 11.2. The van der Waals surface area contributed by atoms with E-state index in [-0.39, 0.29) is 19.5 Å². The van der Waals surface area contributed by atoms with Gasteiger partial charge in [0.05, 0.1) is 12.1 Å². The fraction of sp³-hybridized carbons (Fsp3) is 0.792. The van der Waals surface area contributed by atoms with Crippen LogP contribution < -0.4 is 16.0 Å². The number of halogens is 8. The van der Waals surface area contributed by atoms with Gasteiger partial charge in [-0.25, -0.2) is 0 Å². The molecule has 19 heteroatoms. The third-order valence-electron chi connectivity index (χ3n) is 8.12. The summed E-state index contributed by atoms with van der Waals surface area (Å²) < 4.78 is 110. The van der Waals surface area contributed by atoms with Crippen molar-refractivity contribution >= 4 is 29.4 Å². The van der Waals surface area contributed by atoms with Crippen LogP contribution in [0.1, 0.15) is 33.6 Å². The molecule has 1 saturated carbocycles. The maximum atomic E-state index is 13.6. The molecule has 3 rings (SSSR count). The van der Waals surface area contributed by atoms with Gasteiger partial charge in [-0.05, 0) is 37.0 Å². The van der Waals surface area contributed by atoms with Crippen molar-refractivity contribution in [1.29, 1.82) is 0 Å². The summed E-state index contributed by atoms with van der Waals surface area (Å²) in [4.78, 5) is 64.2. The Kier molecular flexibility index (Phi) is 9.99. The number of hydrogen-bond donors (Lipinski definition) is 3. The van der Waals surface area contributed by atoms with Crippen LogP contribution in [0, 0.1) is 23.2 Å². The molecular formula is C24H30F8N4O7. The van der Waals surface area contributed by atoms with E-state index < -0.39 is 109 Å². The van der Waals surface area contributed by atoms with E-state index >= 15 is 0 Å². The second-order valence-corrected chi connectivity index (χ2v) is 11.2. The summed E-state index contributed by atoms with van der Waals surface area (Å²) in [5.74, 6) is -8.78. The van der Waals surface area contributed by atoms with Crippen LogP contribution in [-0.4, -0.2) is 97.4 Å². The molecule has 2 heterocycles. The number of likely N-dealkylation sites (tertiary alicyclic amines) is 1. The van der Waals surface area contributed by atoms with E-state index in [4.69, 9.17) is 0 Å². The molecule has 0 aromatic rings. The maximum Gasteiger partial charge on any atom is 0.522 e. The molecular weight excluding hydrogens is 608 g/mol. The fourth-order valence-electron chi connectivity index (χ4n) is 5.77. The fourth-order valence-corrected chi connectivity index (χ4v) is 5.77. The first kappa shape index (κ1) is 34.4. The SMILES string of the molecule is C[C@@H](OC(F)F)[C@H](NC(=O)C(F)(F)F)C(=O)N1C[C@H]2[C@@H]([C@H]1C(=O)N[C@@H](C[C@@H]1CCNC1=O)C(=O)COC(F)(F)F)C2(C)C. The summed E-state index contributed by atoms with van der Waals surface area (Å²) in [6.45, 7) is -0.877. The highest BCUT2D eigenvalue weighted by atomic mass is 19.4. The largest absolute Gasteiger partial charge is 0.522 e. The molecule has 2 saturated heterocycles. The van der Waals surface area contributed by atoms with Crippen molar-refractivity contribution in [3.05, 3.63) is 0 Å². The number of alkyl halides is 8. The van der Waals surface area contributed by atoms with E-state index in [1.807, 2.05) is 0 Å². The zero-order valence-electron chi connectivity index (χ0n) is 23.0. The summed E-state index contributed by atoms with van der Waals surface area (Å²) in [6.07, 6.45) is -12.9. The molecule has 244 valence electrons. The Hall–Kier alpha value is -3.09. The quantitative estimate of drug-likeness (QED) is 0.273. The monoisotopic (exact) mass is 638 g/mol. The lowest BCUT2D eigenvalue weighted by atomic mass is 9.94. The number of nitrogens with one attached hydrogen (secondary N) is 3. The Morgan fingerprint density at radius 1 is 1.09 bits per heavy atom. The van der Waals surface area contributed by atoms with Gasteiger partial charge in [0.1, 0.15) is 18.7 Å². The lowest BCUT2D eigenvalue weighted by Crippen LogP contribution is -2.61. The van der Waals surface area contributed by atoms with Crippen LogP contribution in [0.3, 0.4) is 0 Å². The van der Waals surface area contributed by atoms with Gasteiger partial charge in [0.2, 0.25) is 17.7 Å². The minimum Gasteiger partial charge on any atom is -0.356 e. The predicted molar refractivity (Wildman–Crippen MR) is 125 cm³/mol. The number of carbonyl (C=O) groups is 5. The number of amides is 4. The van der Waals surface area contributed by atoms with Gasteiger partial charge in [-0.3, -0.25) is 28.7 Å². The highest BCUT2D eigenvalue weighted by Gasteiger charge is 2.70. The molecule has 1 aliphatic carbocycles. The van der Waals surface area contributed by atoms with Crippen molar-refractivity contribution in [2.45, 2.75) is 77.0 Å². The molecule has 4 amide bonds. The van der Waals surface area contributed by atoms with Gasteiger partial charge in [-0.1, -0.05) is 13.8 Å². The van der Waals surface area contributed by atoms with Crippen LogP contribution in [0.25, 0.3) is 0 Å². The summed E-state index contributed by atoms with van der Waals surface area (Å²) in [5.41, 5.74) is -0.612. The highest BCUT2D eigenvalue weighted by Crippen LogP contribution is 2.65. The smallest absolute Gasteiger partial charge is 0.356 e. The van der Waals surface area contributed by atoms with Crippen molar-refractivity contribution < 1.29 is 68.6 Å². The standard InChI is InChI=1S/C24H30F8N4O7/c1-9(43-21(25)26)15(35-20(41)23(27,28)29)19(40)36-7-11-14(22(11,2)3)16(36)18(39)34-12(6-10-4-5-33-17(10)38)13(37)8-42-24(30,31)32/h9-12,14-16,21H,4-8H2,1-3H3,(H,33,38)(H,34,39)(H,35,41)/t9-,10+,11+,12+,14+,15+,16+/m1/s1. The van der Waals surface area contributed by atoms with Gasteiger partial charge in [0.25, 0.3) is 0 Å². The number of rotatable bonds is 12. The van der Waals surface area contributed by atoms with Crippen molar-refractivity contribution in [3.8, 4) is 0 Å². The number of ketones is 1. The van der Waals surface area contributed by atoms with Crippen LogP contribution in [0.15, 0.2) is 0 Å². The minimum atomic E-state index is -5.51. The number of nitrogens with zero attached hydrogens (tertiary/aromatic N) is 1. The average molecular weight is 639 g/mol. The van der Waals surface area contributed by atoms with E-state index in [2.05, 4.69) is 20.1 Å². The van der Waals surface area contributed by atoms with Crippen molar-refractivity contribution in [2.24, 2.45) is 23.2 Å². The first-order valence-electron chi connectivity index (χ1n) is 13.1. The zero-order valence-corrected chi connectivity index (χ0v) is 23.0. The third kappa shape index (κ3) is 8.10. The van der Waals surface area contributed by atoms with Crippen molar-refractivity contribution in [2.75, 3.05) is 19.7 Å². The molecule has 2 aliphatic heterocycles. The summed E-state index contributed by atoms with van der Waals surface area (Å²) in [6, 6.07) is -5.53. The molecule has 43 heavy (non-hydrogen) atoms. The molecule has 3 fully saturated rings. The minimum absolute atomic E-state index is 0.201. The Balaban J connectivity index is 1.88. The summed E-state index contributed by atoms with van der Waals surface area (Å²) in [5, 5.41) is 6.06. The first-order valence-corrected chi connectivity index (χ1v) is 13.1. The Morgan fingerprint density at radius 2 is 1.72 bits per heavy atom. The lowest BCUT2D eigenvalue weighted by molar-refractivity contribution is -0.321. The van der Waals surface area contributed by atoms with Crippen molar-refractivity contribution in [1.82, 2.24) is 20.9 Å². The molecule has 0 aromatic carbocycles. The number of fused-ring (bicyclic) bond motifs is 1. The number of carbonyl (C=O) groups excluding carboxylic acids is 5. The van der Waals surface area contributed by atoms with Gasteiger partial charge < -0.3 is 25.6 Å². The van der Waals surface area contributed by atoms with Gasteiger partial charge >= 0.3 is 25.1 Å². The zero-order chi connectivity index (χ0) is 32.7. The van der Waals surface area contributed by atoms with Crippen LogP contribution in [0.2, 0.25) is 0 Å². The predicted octanol–water partition coefficient (Wildman–Crippen LogP) is 1.26. The third-order valence-corrected chi connectivity index (χ3v) is 8.12. The van der Waals surface area contributed by atoms with Gasteiger partial charge in [-0.15, -0.1) is 13.2 Å². The maximum absolute atomic E-state index is 13.6. The normalized spacial score (nSPS) is 26.8. The van der Waals surface area contributed by atoms with Gasteiger partial charge in [-0.2, -0.15) is 22.0 Å². The van der Waals surface area contributed by atoms with Gasteiger partial charge in [0.15, 0.2) is 5.78 Å². The Morgan fingerprint density at radius 3 is 2.23 bits per heavy atom. The van der Waals surface area contributed by atoms with E-state index in [0.29, 0.717) is 0 Å². The number of hydrogen-bond acceptors (Lipinski definition) is 7. The molecule has 0 bridgehead atoms. The van der Waals surface area contributed by atoms with E-state index in [1.165, 1.54) is 5.32 Å². The first-order chi connectivity index (χ1) is 19.6. The number of Topliss-reactive ketones (excluding diaryl/α,β-unsaturated/α-hetero) is 1. The average Bonchev–Trinajstić information content (AvgIpc) is 3.22. The van der Waals surface area contributed by atoms with Crippen LogP contribution in [0.4, 0.5) is 35.1 Å². The van der Waals surface area contributed by atoms with Crippen LogP contribution >= 0.6 is 0 Å². The molecule has 3 aliphatic rings. The molecule has 0 radical (unpaired) electrons. The summed E-state index contributed by atoms with van der Waals surface area (Å²) in [7, 11) is 0. The molecule has 0 spiro atoms. The topological polar surface area (TPSA) is 143 Å². The van der Waals surface area contributed by atoms with Gasteiger partial charge in [0, 0.05) is 19.0 Å². The van der Waals surface area contributed by atoms with E-state index in [9.17, 15) is 59.1 Å². The number of piperidine rings is 1. The lowest BCUT2D eigenvalue weighted by Gasteiger charge is -2.35. The highest BCUT2D eigenvalue weighted by molar-refractivity contribution is 5.97. The Bertz CT molecular complexity index is 1120. The molecule has 0 aromatic heterocycles. The molecule has 0 unspecified atom stereocenters. The van der Waals surface area contributed by atoms with E-state index in [1.54, 1.807) is 13.8 Å².